The third-order valence-corrected chi connectivity index (χ3v) is 3.18. The lowest BCUT2D eigenvalue weighted by molar-refractivity contribution is -0.384. The van der Waals surface area contributed by atoms with Gasteiger partial charge in [0.1, 0.15) is 0 Å². The van der Waals surface area contributed by atoms with Crippen molar-refractivity contribution in [2.45, 2.75) is 0 Å². The molecule has 0 spiro atoms. The number of methoxy groups -OCH3 is 1. The second kappa shape index (κ2) is 4.95. The Morgan fingerprint density at radius 1 is 1.41 bits per heavy atom. The van der Waals surface area contributed by atoms with Crippen LogP contribution in [0.4, 0.5) is 5.69 Å². The number of hydrogen-bond acceptors (Lipinski definition) is 6. The number of fused-ring (bicyclic) bond motifs is 1. The summed E-state index contributed by atoms with van der Waals surface area (Å²) in [6, 6.07) is 4.59. The van der Waals surface area contributed by atoms with Crippen LogP contribution >= 0.6 is 0 Å². The van der Waals surface area contributed by atoms with Gasteiger partial charge in [0.05, 0.1) is 29.4 Å². The fraction of sp³-hybridized carbons (Fsp3) is 0.154. The van der Waals surface area contributed by atoms with Crippen LogP contribution in [-0.4, -0.2) is 37.5 Å². The molecule has 0 radical (unpaired) electrons. The minimum atomic E-state index is -0.555. The summed E-state index contributed by atoms with van der Waals surface area (Å²) in [7, 11) is 2.95. The number of carbonyl (C=O) groups excluding carboxylic acids is 1. The fourth-order valence-corrected chi connectivity index (χ4v) is 2.11. The lowest BCUT2D eigenvalue weighted by atomic mass is 10.3. The van der Waals surface area contributed by atoms with Crippen molar-refractivity contribution in [3.8, 4) is 11.5 Å². The Kier molecular flexibility index (Phi) is 3.09. The van der Waals surface area contributed by atoms with Crippen LogP contribution in [-0.2, 0) is 11.8 Å². The SMILES string of the molecule is COC(=O)c1ccc2[nH]c(-c3cc([N+](=O)[O-])cn3C)nc2n1. The van der Waals surface area contributed by atoms with Crippen LogP contribution in [0.2, 0.25) is 0 Å². The van der Waals surface area contributed by atoms with Crippen LogP contribution in [0.5, 0.6) is 0 Å². The molecule has 22 heavy (non-hydrogen) atoms. The molecular formula is C13H11N5O4. The zero-order valence-electron chi connectivity index (χ0n) is 11.7. The first kappa shape index (κ1) is 13.7. The van der Waals surface area contributed by atoms with E-state index in [1.54, 1.807) is 17.7 Å². The number of pyridine rings is 1. The summed E-state index contributed by atoms with van der Waals surface area (Å²) < 4.78 is 6.20. The van der Waals surface area contributed by atoms with E-state index < -0.39 is 10.9 Å². The molecule has 3 aromatic rings. The highest BCUT2D eigenvalue weighted by Crippen LogP contribution is 2.25. The molecule has 3 aromatic heterocycles. The summed E-state index contributed by atoms with van der Waals surface area (Å²) in [4.78, 5) is 33.2. The highest BCUT2D eigenvalue weighted by atomic mass is 16.6. The van der Waals surface area contributed by atoms with Gasteiger partial charge in [-0.3, -0.25) is 10.1 Å². The molecule has 0 aliphatic rings. The maximum atomic E-state index is 11.5. The van der Waals surface area contributed by atoms with Crippen LogP contribution in [0.25, 0.3) is 22.7 Å². The van der Waals surface area contributed by atoms with Crippen molar-refractivity contribution < 1.29 is 14.5 Å². The van der Waals surface area contributed by atoms with E-state index in [0.717, 1.165) is 0 Å². The lowest BCUT2D eigenvalue weighted by Gasteiger charge is -1.96. The number of carbonyl (C=O) groups is 1. The number of ether oxygens (including phenoxy) is 1. The maximum Gasteiger partial charge on any atom is 0.356 e. The van der Waals surface area contributed by atoms with Crippen molar-refractivity contribution in [1.82, 2.24) is 19.5 Å². The Morgan fingerprint density at radius 3 is 2.82 bits per heavy atom. The number of imidazole rings is 1. The summed E-state index contributed by atoms with van der Waals surface area (Å²) in [5.74, 6) is -0.124. The standard InChI is InChI=1S/C13H11N5O4/c1-17-6-7(18(20)21)5-10(17)12-14-8-3-4-9(13(19)22-2)15-11(8)16-12/h3-6H,1-2H3,(H,14,15,16). The van der Waals surface area contributed by atoms with Gasteiger partial charge in [-0.15, -0.1) is 0 Å². The van der Waals surface area contributed by atoms with Crippen molar-refractivity contribution in [1.29, 1.82) is 0 Å². The quantitative estimate of drug-likeness (QED) is 0.447. The largest absolute Gasteiger partial charge is 0.464 e. The molecule has 0 bridgehead atoms. The van der Waals surface area contributed by atoms with E-state index in [9.17, 15) is 14.9 Å². The smallest absolute Gasteiger partial charge is 0.356 e. The number of aromatic amines is 1. The van der Waals surface area contributed by atoms with E-state index in [-0.39, 0.29) is 11.4 Å². The predicted molar refractivity (Wildman–Crippen MR) is 76.3 cm³/mol. The molecule has 9 heteroatoms. The zero-order valence-corrected chi connectivity index (χ0v) is 11.7. The molecule has 0 saturated carbocycles. The number of rotatable bonds is 3. The molecule has 9 nitrogen and oxygen atoms in total. The van der Waals surface area contributed by atoms with Gasteiger partial charge in [0.2, 0.25) is 0 Å². The average Bonchev–Trinajstić information content (AvgIpc) is 3.08. The number of nitrogens with one attached hydrogen (secondary N) is 1. The molecule has 0 amide bonds. The Morgan fingerprint density at radius 2 is 2.18 bits per heavy atom. The molecule has 0 aromatic carbocycles. The summed E-state index contributed by atoms with van der Waals surface area (Å²) in [5.41, 5.74) is 1.62. The van der Waals surface area contributed by atoms with Crippen molar-refractivity contribution in [3.05, 3.63) is 40.2 Å². The molecule has 1 N–H and O–H groups in total. The molecule has 0 atom stereocenters. The molecule has 0 unspecified atom stereocenters. The topological polar surface area (TPSA) is 116 Å². The van der Waals surface area contributed by atoms with Crippen LogP contribution in [0.15, 0.2) is 24.4 Å². The Bertz CT molecular complexity index is 895. The van der Waals surface area contributed by atoms with Gasteiger partial charge in [0.15, 0.2) is 17.2 Å². The van der Waals surface area contributed by atoms with E-state index in [1.807, 2.05) is 0 Å². The molecule has 112 valence electrons. The molecule has 3 rings (SSSR count). The number of nitro groups is 1. The first-order valence-electron chi connectivity index (χ1n) is 6.26. The van der Waals surface area contributed by atoms with Gasteiger partial charge in [-0.1, -0.05) is 0 Å². The summed E-state index contributed by atoms with van der Waals surface area (Å²) in [6.07, 6.45) is 1.40. The Labute approximate surface area is 123 Å². The predicted octanol–water partition coefficient (Wildman–Crippen LogP) is 1.66. The molecule has 0 aliphatic carbocycles. The first-order valence-corrected chi connectivity index (χ1v) is 6.26. The van der Waals surface area contributed by atoms with Crippen LogP contribution in [0.1, 0.15) is 10.5 Å². The van der Waals surface area contributed by atoms with E-state index >= 15 is 0 Å². The number of aromatic nitrogens is 4. The van der Waals surface area contributed by atoms with Crippen molar-refractivity contribution in [2.24, 2.45) is 7.05 Å². The van der Waals surface area contributed by atoms with E-state index in [2.05, 4.69) is 19.7 Å². The van der Waals surface area contributed by atoms with Gasteiger partial charge in [-0.2, -0.15) is 0 Å². The average molecular weight is 301 g/mol. The molecule has 0 aliphatic heterocycles. The number of esters is 1. The fourth-order valence-electron chi connectivity index (χ4n) is 2.11. The van der Waals surface area contributed by atoms with Crippen molar-refractivity contribution in [2.75, 3.05) is 7.11 Å². The number of H-pyrrole nitrogens is 1. The van der Waals surface area contributed by atoms with Gasteiger partial charge in [-0.25, -0.2) is 14.8 Å². The highest BCUT2D eigenvalue weighted by molar-refractivity contribution is 5.90. The van der Waals surface area contributed by atoms with Crippen LogP contribution in [0, 0.1) is 10.1 Å². The summed E-state index contributed by atoms with van der Waals surface area (Å²) in [5, 5.41) is 10.8. The van der Waals surface area contributed by atoms with Gasteiger partial charge < -0.3 is 14.3 Å². The number of nitrogens with zero attached hydrogens (tertiary/aromatic N) is 4. The first-order chi connectivity index (χ1) is 10.5. The molecule has 0 saturated heterocycles. The number of hydrogen-bond donors (Lipinski definition) is 1. The second-order valence-electron chi connectivity index (χ2n) is 4.60. The minimum absolute atomic E-state index is 0.0267. The molecule has 3 heterocycles. The van der Waals surface area contributed by atoms with Gasteiger partial charge in [-0.05, 0) is 12.1 Å². The van der Waals surface area contributed by atoms with Crippen LogP contribution < -0.4 is 0 Å². The van der Waals surface area contributed by atoms with Gasteiger partial charge >= 0.3 is 5.97 Å². The highest BCUT2D eigenvalue weighted by Gasteiger charge is 2.17. The number of aryl methyl sites for hydroxylation is 1. The third-order valence-electron chi connectivity index (χ3n) is 3.18. The zero-order chi connectivity index (χ0) is 15.9. The van der Waals surface area contributed by atoms with Crippen molar-refractivity contribution in [3.63, 3.8) is 0 Å². The Balaban J connectivity index is 2.09. The molecular weight excluding hydrogens is 290 g/mol. The third kappa shape index (κ3) is 2.18. The molecule has 0 fully saturated rings. The van der Waals surface area contributed by atoms with E-state index in [1.165, 1.54) is 25.4 Å². The lowest BCUT2D eigenvalue weighted by Crippen LogP contribution is -2.03. The Hall–Kier alpha value is -3.23. The second-order valence-corrected chi connectivity index (χ2v) is 4.60. The summed E-state index contributed by atoms with van der Waals surface area (Å²) in [6.45, 7) is 0. The van der Waals surface area contributed by atoms with Crippen LogP contribution in [0.3, 0.4) is 0 Å². The summed E-state index contributed by atoms with van der Waals surface area (Å²) >= 11 is 0. The van der Waals surface area contributed by atoms with E-state index in [4.69, 9.17) is 0 Å². The van der Waals surface area contributed by atoms with Gasteiger partial charge in [0, 0.05) is 13.1 Å². The van der Waals surface area contributed by atoms with Gasteiger partial charge in [0.25, 0.3) is 5.69 Å². The maximum absolute atomic E-state index is 11.5. The van der Waals surface area contributed by atoms with E-state index in [0.29, 0.717) is 22.7 Å². The minimum Gasteiger partial charge on any atom is -0.464 e. The van der Waals surface area contributed by atoms with Crippen molar-refractivity contribution >= 4 is 22.8 Å². The monoisotopic (exact) mass is 301 g/mol. The normalized spacial score (nSPS) is 10.8.